The van der Waals surface area contributed by atoms with E-state index >= 15 is 0 Å². The molecule has 0 spiro atoms. The fraction of sp³-hybridized carbons (Fsp3) is 0.842. The Kier molecular flexibility index (Phi) is 2.34. The Hall–Kier alpha value is -0.630. The molecule has 4 fully saturated rings. The molecule has 0 radical (unpaired) electrons. The van der Waals surface area contributed by atoms with Gasteiger partial charge in [-0.05, 0) is 73.2 Å². The summed E-state index contributed by atoms with van der Waals surface area (Å²) in [6, 6.07) is 0. The number of ketones is 1. The van der Waals surface area contributed by atoms with E-state index in [4.69, 9.17) is 4.74 Å². The normalized spacial score (nSPS) is 57.7. The number of hydrogen-bond donors (Lipinski definition) is 0. The van der Waals surface area contributed by atoms with Crippen molar-refractivity contribution in [1.29, 1.82) is 0 Å². The largest absolute Gasteiger partial charge is 0.369 e. The van der Waals surface area contributed by atoms with Gasteiger partial charge in [0.15, 0.2) is 5.78 Å². The van der Waals surface area contributed by atoms with Crippen LogP contribution in [0.5, 0.6) is 0 Å². The fourth-order valence-electron chi connectivity index (χ4n) is 6.86. The zero-order valence-electron chi connectivity index (χ0n) is 13.2. The second kappa shape index (κ2) is 3.82. The van der Waals surface area contributed by atoms with Crippen molar-refractivity contribution in [2.45, 2.75) is 71.0 Å². The number of carbonyl (C=O) groups excluding carboxylic acids is 1. The third-order valence-electron chi connectivity index (χ3n) is 8.12. The molecule has 2 nitrogen and oxygen atoms in total. The molecule has 1 saturated heterocycles. The summed E-state index contributed by atoms with van der Waals surface area (Å²) in [5.74, 6) is 2.96. The molecule has 5 aliphatic rings. The Morgan fingerprint density at radius 1 is 1.14 bits per heavy atom. The van der Waals surface area contributed by atoms with Crippen molar-refractivity contribution in [3.63, 3.8) is 0 Å². The van der Waals surface area contributed by atoms with Crippen LogP contribution in [-0.4, -0.2) is 18.0 Å². The zero-order chi connectivity index (χ0) is 14.4. The standard InChI is InChI=1S/C19H26O2/c1-18-7-5-12(20)9-11(18)3-4-13-14(18)6-8-19(2)15(13)10-16-17(19)21-16/h9,13-17H,3-8,10H2,1-2H3/t13-,14+,15-,16-,17-,18+,19+/m1/s1. The van der Waals surface area contributed by atoms with Crippen LogP contribution in [0.15, 0.2) is 11.6 Å². The zero-order valence-corrected chi connectivity index (χ0v) is 13.2. The van der Waals surface area contributed by atoms with E-state index in [-0.39, 0.29) is 0 Å². The maximum absolute atomic E-state index is 11.8. The summed E-state index contributed by atoms with van der Waals surface area (Å²) in [6.07, 6.45) is 11.6. The Labute approximate surface area is 127 Å². The van der Waals surface area contributed by atoms with Crippen molar-refractivity contribution in [2.24, 2.45) is 28.6 Å². The van der Waals surface area contributed by atoms with E-state index in [0.29, 0.717) is 28.8 Å². The molecule has 2 heteroatoms. The lowest BCUT2D eigenvalue weighted by molar-refractivity contribution is -0.117. The molecular weight excluding hydrogens is 260 g/mol. The fourth-order valence-corrected chi connectivity index (χ4v) is 6.86. The highest BCUT2D eigenvalue weighted by atomic mass is 16.6. The average molecular weight is 286 g/mol. The van der Waals surface area contributed by atoms with Crippen LogP contribution < -0.4 is 0 Å². The lowest BCUT2D eigenvalue weighted by atomic mass is 9.47. The van der Waals surface area contributed by atoms with E-state index in [9.17, 15) is 4.79 Å². The molecule has 4 aliphatic carbocycles. The molecule has 5 rings (SSSR count). The number of hydrogen-bond acceptors (Lipinski definition) is 2. The van der Waals surface area contributed by atoms with Gasteiger partial charge in [0.05, 0.1) is 12.2 Å². The molecule has 1 heterocycles. The molecule has 7 atom stereocenters. The second-order valence-electron chi connectivity index (χ2n) is 8.84. The van der Waals surface area contributed by atoms with E-state index in [1.807, 2.05) is 6.08 Å². The highest BCUT2D eigenvalue weighted by Gasteiger charge is 2.67. The quantitative estimate of drug-likeness (QED) is 0.632. The summed E-state index contributed by atoms with van der Waals surface area (Å²) < 4.78 is 5.89. The van der Waals surface area contributed by atoms with Crippen LogP contribution in [0.4, 0.5) is 0 Å². The molecule has 3 saturated carbocycles. The van der Waals surface area contributed by atoms with Crippen LogP contribution in [0.1, 0.15) is 58.8 Å². The first-order valence-electron chi connectivity index (χ1n) is 8.92. The first-order valence-corrected chi connectivity index (χ1v) is 8.92. The Morgan fingerprint density at radius 3 is 2.86 bits per heavy atom. The Balaban J connectivity index is 1.51. The SMILES string of the molecule is C[C@]12CC[C@H]3[C@@H](CCC4=CC(=O)CC[C@@]43C)[C@H]1C[C@H]1O[C@H]12. The number of rotatable bonds is 0. The number of ether oxygens (including phenoxy) is 1. The molecule has 0 bridgehead atoms. The topological polar surface area (TPSA) is 29.6 Å². The van der Waals surface area contributed by atoms with Crippen molar-refractivity contribution in [3.05, 3.63) is 11.6 Å². The summed E-state index contributed by atoms with van der Waals surface area (Å²) in [5.41, 5.74) is 2.28. The molecule has 0 aromatic carbocycles. The minimum atomic E-state index is 0.325. The van der Waals surface area contributed by atoms with Gasteiger partial charge < -0.3 is 4.74 Å². The van der Waals surface area contributed by atoms with Crippen molar-refractivity contribution < 1.29 is 9.53 Å². The summed E-state index contributed by atoms with van der Waals surface area (Å²) >= 11 is 0. The molecule has 0 amide bonds. The van der Waals surface area contributed by atoms with E-state index < -0.39 is 0 Å². The minimum Gasteiger partial charge on any atom is -0.369 e. The van der Waals surface area contributed by atoms with Gasteiger partial charge in [0.1, 0.15) is 0 Å². The monoisotopic (exact) mass is 286 g/mol. The van der Waals surface area contributed by atoms with Crippen LogP contribution in [-0.2, 0) is 9.53 Å². The molecular formula is C19H26O2. The van der Waals surface area contributed by atoms with Crippen LogP contribution in [0, 0.1) is 28.6 Å². The summed E-state index contributed by atoms with van der Waals surface area (Å²) in [6.45, 7) is 4.97. The molecule has 0 aromatic heterocycles. The van der Waals surface area contributed by atoms with Crippen LogP contribution >= 0.6 is 0 Å². The Morgan fingerprint density at radius 2 is 2.00 bits per heavy atom. The molecule has 0 N–H and O–H groups in total. The minimum absolute atomic E-state index is 0.325. The van der Waals surface area contributed by atoms with Gasteiger partial charge in [-0.3, -0.25) is 4.79 Å². The number of epoxide rings is 1. The van der Waals surface area contributed by atoms with E-state index in [1.54, 1.807) is 0 Å². The predicted octanol–water partition coefficient (Wildman–Crippen LogP) is 3.90. The van der Waals surface area contributed by atoms with E-state index in [2.05, 4.69) is 13.8 Å². The number of carbonyl (C=O) groups is 1. The van der Waals surface area contributed by atoms with Crippen LogP contribution in [0.3, 0.4) is 0 Å². The summed E-state index contributed by atoms with van der Waals surface area (Å²) in [4.78, 5) is 11.8. The summed E-state index contributed by atoms with van der Waals surface area (Å²) in [5, 5.41) is 0. The van der Waals surface area contributed by atoms with Gasteiger partial charge in [-0.25, -0.2) is 0 Å². The van der Waals surface area contributed by atoms with E-state index in [1.165, 1.54) is 37.7 Å². The predicted molar refractivity (Wildman–Crippen MR) is 80.8 cm³/mol. The van der Waals surface area contributed by atoms with Crippen LogP contribution in [0.25, 0.3) is 0 Å². The first kappa shape index (κ1) is 12.9. The average Bonchev–Trinajstić information content (AvgIpc) is 3.17. The third kappa shape index (κ3) is 1.50. The van der Waals surface area contributed by atoms with Gasteiger partial charge in [-0.2, -0.15) is 0 Å². The second-order valence-corrected chi connectivity index (χ2v) is 8.84. The molecule has 21 heavy (non-hydrogen) atoms. The summed E-state index contributed by atoms with van der Waals surface area (Å²) in [7, 11) is 0. The van der Waals surface area contributed by atoms with Crippen molar-refractivity contribution >= 4 is 5.78 Å². The number of fused-ring (bicyclic) bond motifs is 7. The van der Waals surface area contributed by atoms with Gasteiger partial charge in [0.25, 0.3) is 0 Å². The Bertz CT molecular complexity index is 550. The van der Waals surface area contributed by atoms with Gasteiger partial charge in [-0.1, -0.05) is 19.4 Å². The van der Waals surface area contributed by atoms with Crippen molar-refractivity contribution in [1.82, 2.24) is 0 Å². The van der Waals surface area contributed by atoms with E-state index in [0.717, 1.165) is 30.6 Å². The first-order chi connectivity index (χ1) is 10.0. The lowest BCUT2D eigenvalue weighted by Gasteiger charge is -2.57. The molecule has 1 aliphatic heterocycles. The van der Waals surface area contributed by atoms with Gasteiger partial charge in [0.2, 0.25) is 0 Å². The molecule has 114 valence electrons. The van der Waals surface area contributed by atoms with Gasteiger partial charge in [0, 0.05) is 6.42 Å². The third-order valence-corrected chi connectivity index (χ3v) is 8.12. The highest BCUT2D eigenvalue weighted by molar-refractivity contribution is 5.91. The smallest absolute Gasteiger partial charge is 0.155 e. The number of allylic oxidation sites excluding steroid dienone is 1. The molecule has 0 unspecified atom stereocenters. The van der Waals surface area contributed by atoms with Gasteiger partial charge in [-0.15, -0.1) is 0 Å². The highest BCUT2D eigenvalue weighted by Crippen LogP contribution is 2.68. The van der Waals surface area contributed by atoms with Crippen molar-refractivity contribution in [2.75, 3.05) is 0 Å². The van der Waals surface area contributed by atoms with Crippen LogP contribution in [0.2, 0.25) is 0 Å². The van der Waals surface area contributed by atoms with Gasteiger partial charge >= 0.3 is 0 Å². The van der Waals surface area contributed by atoms with Crippen molar-refractivity contribution in [3.8, 4) is 0 Å². The maximum atomic E-state index is 11.8. The lowest BCUT2D eigenvalue weighted by Crippen LogP contribution is -2.50. The maximum Gasteiger partial charge on any atom is 0.155 e. The molecule has 0 aromatic rings.